The fraction of sp³-hybridized carbons (Fsp3) is 0.238. The molecule has 1 aliphatic heterocycles. The quantitative estimate of drug-likeness (QED) is 0.726. The number of rotatable bonds is 3. The Morgan fingerprint density at radius 1 is 1.19 bits per heavy atom. The lowest BCUT2D eigenvalue weighted by Crippen LogP contribution is -2.28. The molecule has 2 heterocycles. The number of hydrogen-bond acceptors (Lipinski definition) is 4. The van der Waals surface area contributed by atoms with E-state index in [9.17, 15) is 4.79 Å². The van der Waals surface area contributed by atoms with Crippen LogP contribution in [0.3, 0.4) is 0 Å². The zero-order valence-electron chi connectivity index (χ0n) is 15.1. The first-order valence-corrected chi connectivity index (χ1v) is 8.76. The van der Waals surface area contributed by atoms with Gasteiger partial charge in [0.05, 0.1) is 29.8 Å². The summed E-state index contributed by atoms with van der Waals surface area (Å²) in [7, 11) is 1.42. The van der Waals surface area contributed by atoms with Gasteiger partial charge < -0.3 is 10.1 Å². The van der Waals surface area contributed by atoms with Crippen molar-refractivity contribution in [3.63, 3.8) is 0 Å². The molecule has 0 saturated heterocycles. The Morgan fingerprint density at radius 3 is 2.62 bits per heavy atom. The zero-order chi connectivity index (χ0) is 18.3. The number of ether oxygens (including phenoxy) is 1. The van der Waals surface area contributed by atoms with Gasteiger partial charge in [-0.05, 0) is 36.6 Å². The molecule has 1 aromatic heterocycles. The molecule has 4 rings (SSSR count). The molecule has 3 aromatic rings. The Bertz CT molecular complexity index is 1020. The monoisotopic (exact) mass is 347 g/mol. The van der Waals surface area contributed by atoms with Gasteiger partial charge in [-0.15, -0.1) is 0 Å². The summed E-state index contributed by atoms with van der Waals surface area (Å²) in [5.41, 5.74) is 5.54. The van der Waals surface area contributed by atoms with Gasteiger partial charge in [-0.1, -0.05) is 43.3 Å². The Labute approximate surface area is 152 Å². The summed E-state index contributed by atoms with van der Waals surface area (Å²) in [5.74, 6) is 0.406. The molecule has 1 atom stereocenters. The van der Waals surface area contributed by atoms with Crippen LogP contribution in [0.15, 0.2) is 59.8 Å². The van der Waals surface area contributed by atoms with E-state index in [-0.39, 0.29) is 12.0 Å². The number of nitrogens with one attached hydrogen (secondary N) is 1. The number of anilines is 1. The highest BCUT2D eigenvalue weighted by Crippen LogP contribution is 2.39. The molecule has 2 aromatic carbocycles. The summed E-state index contributed by atoms with van der Waals surface area (Å²) in [6.07, 6.45) is 0.977. The zero-order valence-corrected chi connectivity index (χ0v) is 15.1. The van der Waals surface area contributed by atoms with Crippen LogP contribution in [0, 0.1) is 0 Å². The summed E-state index contributed by atoms with van der Waals surface area (Å²) in [6.45, 7) is 4.02. The molecule has 0 radical (unpaired) electrons. The lowest BCUT2D eigenvalue weighted by atomic mass is 9.94. The minimum Gasteiger partial charge on any atom is -0.466 e. The van der Waals surface area contributed by atoms with Crippen molar-refractivity contribution in [1.29, 1.82) is 0 Å². The van der Waals surface area contributed by atoms with E-state index in [1.54, 1.807) is 0 Å². The van der Waals surface area contributed by atoms with Crippen LogP contribution in [-0.2, 0) is 16.0 Å². The molecule has 0 spiro atoms. The number of aryl methyl sites for hydroxylation is 1. The van der Waals surface area contributed by atoms with E-state index < -0.39 is 0 Å². The maximum absolute atomic E-state index is 12.6. The van der Waals surface area contributed by atoms with Crippen molar-refractivity contribution < 1.29 is 9.53 Å². The molecule has 1 N–H and O–H groups in total. The smallest absolute Gasteiger partial charge is 0.337 e. The second-order valence-electron chi connectivity index (χ2n) is 6.45. The van der Waals surface area contributed by atoms with E-state index in [1.807, 2.05) is 31.2 Å². The van der Waals surface area contributed by atoms with Crippen molar-refractivity contribution in [3.8, 4) is 0 Å². The molecule has 5 nitrogen and oxygen atoms in total. The molecule has 26 heavy (non-hydrogen) atoms. The predicted molar refractivity (Wildman–Crippen MR) is 102 cm³/mol. The first-order chi connectivity index (χ1) is 12.6. The first kappa shape index (κ1) is 16.4. The number of methoxy groups -OCH3 is 1. The van der Waals surface area contributed by atoms with Gasteiger partial charge in [0.2, 0.25) is 5.95 Å². The van der Waals surface area contributed by atoms with E-state index in [2.05, 4.69) is 41.1 Å². The highest BCUT2D eigenvalue weighted by molar-refractivity contribution is 5.94. The van der Waals surface area contributed by atoms with Crippen LogP contribution in [-0.4, -0.2) is 22.6 Å². The van der Waals surface area contributed by atoms with Crippen molar-refractivity contribution in [2.24, 2.45) is 0 Å². The normalized spacial score (nSPS) is 16.3. The van der Waals surface area contributed by atoms with Gasteiger partial charge in [0, 0.05) is 5.70 Å². The van der Waals surface area contributed by atoms with E-state index >= 15 is 0 Å². The Balaban J connectivity index is 1.97. The SMILES string of the molecule is CCc1ccc(C2C(C(=O)OC)=C(C)Nc3nc4ccccc4n32)cc1. The van der Waals surface area contributed by atoms with Crippen LogP contribution in [0.5, 0.6) is 0 Å². The van der Waals surface area contributed by atoms with Crippen LogP contribution in [0.25, 0.3) is 11.0 Å². The molecule has 0 bridgehead atoms. The van der Waals surface area contributed by atoms with Crippen LogP contribution in [0.1, 0.15) is 31.0 Å². The second kappa shape index (κ2) is 6.33. The summed E-state index contributed by atoms with van der Waals surface area (Å²) < 4.78 is 7.17. The Hall–Kier alpha value is -3.08. The van der Waals surface area contributed by atoms with Gasteiger partial charge in [-0.3, -0.25) is 4.57 Å². The maximum Gasteiger partial charge on any atom is 0.337 e. The molecular weight excluding hydrogens is 326 g/mol. The molecule has 0 amide bonds. The van der Waals surface area contributed by atoms with Gasteiger partial charge in [-0.25, -0.2) is 9.78 Å². The van der Waals surface area contributed by atoms with Gasteiger partial charge >= 0.3 is 5.97 Å². The standard InChI is InChI=1S/C21H21N3O2/c1-4-14-9-11-15(12-10-14)19-18(20(25)26-3)13(2)22-21-23-16-7-5-6-8-17(16)24(19)21/h5-12,19H,4H2,1-3H3,(H,22,23). The van der Waals surface area contributed by atoms with Crippen molar-refractivity contribution in [1.82, 2.24) is 9.55 Å². The number of benzene rings is 2. The third-order valence-corrected chi connectivity index (χ3v) is 4.94. The van der Waals surface area contributed by atoms with Crippen LogP contribution < -0.4 is 5.32 Å². The van der Waals surface area contributed by atoms with Gasteiger partial charge in [0.15, 0.2) is 0 Å². The molecule has 0 saturated carbocycles. The Kier molecular flexibility index (Phi) is 3.99. The highest BCUT2D eigenvalue weighted by Gasteiger charge is 2.34. The average Bonchev–Trinajstić information content (AvgIpc) is 3.04. The maximum atomic E-state index is 12.6. The predicted octanol–water partition coefficient (Wildman–Crippen LogP) is 4.06. The van der Waals surface area contributed by atoms with Crippen molar-refractivity contribution in [2.45, 2.75) is 26.3 Å². The number of nitrogens with zero attached hydrogens (tertiary/aromatic N) is 2. The molecular formula is C21H21N3O2. The van der Waals surface area contributed by atoms with Crippen molar-refractivity contribution in [3.05, 3.63) is 70.9 Å². The van der Waals surface area contributed by atoms with Crippen LogP contribution in [0.4, 0.5) is 5.95 Å². The minimum atomic E-state index is -0.331. The number of aromatic nitrogens is 2. The molecule has 0 aliphatic carbocycles. The van der Waals surface area contributed by atoms with Crippen molar-refractivity contribution in [2.75, 3.05) is 12.4 Å². The fourth-order valence-corrected chi connectivity index (χ4v) is 3.59. The molecule has 5 heteroatoms. The molecule has 132 valence electrons. The number of carbonyl (C=O) groups excluding carboxylic acids is 1. The number of hydrogen-bond donors (Lipinski definition) is 1. The largest absolute Gasteiger partial charge is 0.466 e. The summed E-state index contributed by atoms with van der Waals surface area (Å²) >= 11 is 0. The van der Waals surface area contributed by atoms with Gasteiger partial charge in [0.1, 0.15) is 0 Å². The molecule has 1 aliphatic rings. The summed E-state index contributed by atoms with van der Waals surface area (Å²) in [5, 5.41) is 3.27. The summed E-state index contributed by atoms with van der Waals surface area (Å²) in [4.78, 5) is 17.3. The van der Waals surface area contributed by atoms with Crippen molar-refractivity contribution >= 4 is 23.0 Å². The minimum absolute atomic E-state index is 0.281. The number of para-hydroxylation sites is 2. The Morgan fingerprint density at radius 2 is 1.92 bits per heavy atom. The topological polar surface area (TPSA) is 56.1 Å². The number of imidazole rings is 1. The second-order valence-corrected chi connectivity index (χ2v) is 6.45. The van der Waals surface area contributed by atoms with Crippen LogP contribution >= 0.6 is 0 Å². The summed E-state index contributed by atoms with van der Waals surface area (Å²) in [6, 6.07) is 16.1. The first-order valence-electron chi connectivity index (χ1n) is 8.76. The molecule has 1 unspecified atom stereocenters. The van der Waals surface area contributed by atoms with Gasteiger partial charge in [-0.2, -0.15) is 0 Å². The van der Waals surface area contributed by atoms with E-state index in [0.717, 1.165) is 34.7 Å². The highest BCUT2D eigenvalue weighted by atomic mass is 16.5. The van der Waals surface area contributed by atoms with E-state index in [0.29, 0.717) is 5.57 Å². The fourth-order valence-electron chi connectivity index (χ4n) is 3.59. The molecule has 0 fully saturated rings. The van der Waals surface area contributed by atoms with E-state index in [4.69, 9.17) is 9.72 Å². The van der Waals surface area contributed by atoms with Crippen LogP contribution in [0.2, 0.25) is 0 Å². The lowest BCUT2D eigenvalue weighted by Gasteiger charge is -2.30. The number of fused-ring (bicyclic) bond motifs is 3. The number of esters is 1. The third kappa shape index (κ3) is 2.47. The van der Waals surface area contributed by atoms with E-state index in [1.165, 1.54) is 12.7 Å². The van der Waals surface area contributed by atoms with Gasteiger partial charge in [0.25, 0.3) is 0 Å². The third-order valence-electron chi connectivity index (χ3n) is 4.94. The lowest BCUT2D eigenvalue weighted by molar-refractivity contribution is -0.136. The average molecular weight is 347 g/mol. The number of allylic oxidation sites excluding steroid dienone is 1. The number of carbonyl (C=O) groups is 1.